The summed E-state index contributed by atoms with van der Waals surface area (Å²) in [5.41, 5.74) is 0. The molecule has 3 heterocycles. The summed E-state index contributed by atoms with van der Waals surface area (Å²) in [5, 5.41) is 0. The lowest BCUT2D eigenvalue weighted by Gasteiger charge is -2.36. The van der Waals surface area contributed by atoms with E-state index in [0.717, 1.165) is 38.8 Å². The summed E-state index contributed by atoms with van der Waals surface area (Å²) < 4.78 is 5.45. The fourth-order valence-corrected chi connectivity index (χ4v) is 4.51. The van der Waals surface area contributed by atoms with Crippen molar-refractivity contribution < 1.29 is 4.74 Å². The quantitative estimate of drug-likeness (QED) is 0.832. The minimum atomic E-state index is 0.849. The molecule has 1 unspecified atom stereocenters. The van der Waals surface area contributed by atoms with Crippen LogP contribution in [0.15, 0.2) is 12.1 Å². The minimum Gasteiger partial charge on any atom is -0.379 e. The van der Waals surface area contributed by atoms with Crippen LogP contribution in [0.4, 0.5) is 0 Å². The third-order valence-corrected chi connectivity index (χ3v) is 5.88. The van der Waals surface area contributed by atoms with Crippen molar-refractivity contribution in [3.8, 4) is 0 Å². The molecule has 3 rings (SSSR count). The van der Waals surface area contributed by atoms with Crippen molar-refractivity contribution in [1.29, 1.82) is 0 Å². The predicted molar refractivity (Wildman–Crippen MR) is 89.0 cm³/mol. The first-order chi connectivity index (χ1) is 10.3. The van der Waals surface area contributed by atoms with E-state index in [2.05, 4.69) is 28.9 Å². The van der Waals surface area contributed by atoms with Crippen LogP contribution in [0.5, 0.6) is 0 Å². The second-order valence-corrected chi connectivity index (χ2v) is 7.63. The summed E-state index contributed by atoms with van der Waals surface area (Å²) in [4.78, 5) is 8.32. The molecule has 1 atom stereocenters. The van der Waals surface area contributed by atoms with Crippen molar-refractivity contribution in [3.63, 3.8) is 0 Å². The van der Waals surface area contributed by atoms with Gasteiger partial charge in [0.05, 0.1) is 13.2 Å². The van der Waals surface area contributed by atoms with Crippen molar-refractivity contribution in [2.24, 2.45) is 5.92 Å². The molecule has 0 saturated carbocycles. The van der Waals surface area contributed by atoms with Crippen LogP contribution < -0.4 is 0 Å². The van der Waals surface area contributed by atoms with Crippen molar-refractivity contribution in [2.45, 2.75) is 32.7 Å². The highest BCUT2D eigenvalue weighted by Crippen LogP contribution is 2.23. The predicted octanol–water partition coefficient (Wildman–Crippen LogP) is 2.85. The highest BCUT2D eigenvalue weighted by atomic mass is 32.1. The zero-order valence-corrected chi connectivity index (χ0v) is 14.0. The Balaban J connectivity index is 1.48. The van der Waals surface area contributed by atoms with Crippen LogP contribution in [-0.4, -0.2) is 55.7 Å². The van der Waals surface area contributed by atoms with Crippen LogP contribution in [0.1, 0.15) is 29.5 Å². The van der Waals surface area contributed by atoms with Gasteiger partial charge in [0, 0.05) is 42.5 Å². The van der Waals surface area contributed by atoms with E-state index in [-0.39, 0.29) is 0 Å². The Morgan fingerprint density at radius 3 is 2.71 bits per heavy atom. The topological polar surface area (TPSA) is 15.7 Å². The van der Waals surface area contributed by atoms with Gasteiger partial charge >= 0.3 is 0 Å². The van der Waals surface area contributed by atoms with Gasteiger partial charge in [-0.3, -0.25) is 9.80 Å². The van der Waals surface area contributed by atoms with Crippen LogP contribution >= 0.6 is 11.3 Å². The Morgan fingerprint density at radius 1 is 1.14 bits per heavy atom. The van der Waals surface area contributed by atoms with Crippen molar-refractivity contribution >= 4 is 11.3 Å². The first kappa shape index (κ1) is 15.5. The number of hydrogen-bond donors (Lipinski definition) is 0. The molecule has 118 valence electrons. The van der Waals surface area contributed by atoms with Gasteiger partial charge in [0.1, 0.15) is 0 Å². The number of aryl methyl sites for hydroxylation is 1. The molecule has 0 amide bonds. The van der Waals surface area contributed by atoms with Gasteiger partial charge in [-0.2, -0.15) is 0 Å². The molecule has 0 radical (unpaired) electrons. The largest absolute Gasteiger partial charge is 0.379 e. The second kappa shape index (κ2) is 7.73. The molecule has 2 saturated heterocycles. The summed E-state index contributed by atoms with van der Waals surface area (Å²) in [6, 6.07) is 4.63. The molecule has 0 aliphatic carbocycles. The van der Waals surface area contributed by atoms with Gasteiger partial charge in [0.15, 0.2) is 0 Å². The van der Waals surface area contributed by atoms with Crippen LogP contribution in [0.2, 0.25) is 0 Å². The third kappa shape index (κ3) is 4.52. The number of ether oxygens (including phenoxy) is 1. The van der Waals surface area contributed by atoms with E-state index in [1.165, 1.54) is 43.8 Å². The Hall–Kier alpha value is -0.420. The highest BCUT2D eigenvalue weighted by molar-refractivity contribution is 7.11. The zero-order chi connectivity index (χ0) is 14.5. The van der Waals surface area contributed by atoms with E-state index in [0.29, 0.717) is 0 Å². The maximum Gasteiger partial charge on any atom is 0.0594 e. The Kier molecular flexibility index (Phi) is 5.69. The van der Waals surface area contributed by atoms with Crippen LogP contribution in [0.25, 0.3) is 0 Å². The lowest BCUT2D eigenvalue weighted by atomic mass is 9.97. The number of morpholine rings is 1. The maximum atomic E-state index is 5.45. The van der Waals surface area contributed by atoms with Gasteiger partial charge in [0.25, 0.3) is 0 Å². The number of thiophene rings is 1. The van der Waals surface area contributed by atoms with Crippen LogP contribution in [0, 0.1) is 5.92 Å². The standard InChI is InChI=1S/C17H28N2OS/c1-2-16-5-6-17(21-16)14-19-7-3-4-15(13-19)12-18-8-10-20-11-9-18/h5-6,15H,2-4,7-14H2,1H3. The van der Waals surface area contributed by atoms with Gasteiger partial charge in [-0.1, -0.05) is 6.92 Å². The molecule has 1 aromatic rings. The monoisotopic (exact) mass is 308 g/mol. The number of hydrogen-bond acceptors (Lipinski definition) is 4. The van der Waals surface area contributed by atoms with E-state index in [4.69, 9.17) is 4.74 Å². The highest BCUT2D eigenvalue weighted by Gasteiger charge is 2.23. The van der Waals surface area contributed by atoms with Crippen molar-refractivity contribution in [1.82, 2.24) is 9.80 Å². The SMILES string of the molecule is CCc1ccc(CN2CCCC(CN3CCOCC3)C2)s1. The Bertz CT molecular complexity index is 428. The summed E-state index contributed by atoms with van der Waals surface area (Å²) in [7, 11) is 0. The molecule has 21 heavy (non-hydrogen) atoms. The van der Waals surface area contributed by atoms with Gasteiger partial charge in [0.2, 0.25) is 0 Å². The Labute approximate surface area is 132 Å². The number of rotatable bonds is 5. The van der Waals surface area contributed by atoms with E-state index in [9.17, 15) is 0 Å². The lowest BCUT2D eigenvalue weighted by molar-refractivity contribution is 0.0225. The van der Waals surface area contributed by atoms with E-state index >= 15 is 0 Å². The van der Waals surface area contributed by atoms with Crippen molar-refractivity contribution in [2.75, 3.05) is 45.9 Å². The molecular formula is C17H28N2OS. The second-order valence-electron chi connectivity index (χ2n) is 6.38. The summed E-state index contributed by atoms with van der Waals surface area (Å²) in [6.07, 6.45) is 3.93. The molecule has 1 aromatic heterocycles. The summed E-state index contributed by atoms with van der Waals surface area (Å²) in [6.45, 7) is 11.3. The molecule has 2 fully saturated rings. The summed E-state index contributed by atoms with van der Waals surface area (Å²) >= 11 is 1.99. The third-order valence-electron chi connectivity index (χ3n) is 4.67. The molecule has 4 heteroatoms. The molecule has 2 aliphatic heterocycles. The molecule has 0 spiro atoms. The fraction of sp³-hybridized carbons (Fsp3) is 0.765. The van der Waals surface area contributed by atoms with Gasteiger partial charge < -0.3 is 4.74 Å². The average molecular weight is 308 g/mol. The molecule has 2 aliphatic rings. The Morgan fingerprint density at radius 2 is 1.95 bits per heavy atom. The van der Waals surface area contributed by atoms with Gasteiger partial charge in [-0.15, -0.1) is 11.3 Å². The van der Waals surface area contributed by atoms with Crippen LogP contribution in [-0.2, 0) is 17.7 Å². The van der Waals surface area contributed by atoms with E-state index in [1.807, 2.05) is 11.3 Å². The molecular weight excluding hydrogens is 280 g/mol. The summed E-state index contributed by atoms with van der Waals surface area (Å²) in [5.74, 6) is 0.849. The lowest BCUT2D eigenvalue weighted by Crippen LogP contribution is -2.44. The van der Waals surface area contributed by atoms with E-state index < -0.39 is 0 Å². The first-order valence-corrected chi connectivity index (χ1v) is 9.25. The fourth-order valence-electron chi connectivity index (χ4n) is 3.51. The molecule has 0 aromatic carbocycles. The number of nitrogens with zero attached hydrogens (tertiary/aromatic N) is 2. The zero-order valence-electron chi connectivity index (χ0n) is 13.2. The first-order valence-electron chi connectivity index (χ1n) is 8.43. The maximum absolute atomic E-state index is 5.45. The molecule has 3 nitrogen and oxygen atoms in total. The number of piperidine rings is 1. The van der Waals surface area contributed by atoms with Gasteiger partial charge in [-0.25, -0.2) is 0 Å². The van der Waals surface area contributed by atoms with Crippen LogP contribution in [0.3, 0.4) is 0 Å². The van der Waals surface area contributed by atoms with E-state index in [1.54, 1.807) is 4.88 Å². The smallest absolute Gasteiger partial charge is 0.0594 e. The number of likely N-dealkylation sites (tertiary alicyclic amines) is 1. The molecule has 0 N–H and O–H groups in total. The van der Waals surface area contributed by atoms with Crippen molar-refractivity contribution in [3.05, 3.63) is 21.9 Å². The molecule has 0 bridgehead atoms. The normalized spacial score (nSPS) is 25.3. The average Bonchev–Trinajstić information content (AvgIpc) is 2.96. The van der Waals surface area contributed by atoms with Gasteiger partial charge in [-0.05, 0) is 43.9 Å². The minimum absolute atomic E-state index is 0.849.